The highest BCUT2D eigenvalue weighted by atomic mass is 16.6. The predicted molar refractivity (Wildman–Crippen MR) is 361 cm³/mol. The molecule has 0 bridgehead atoms. The summed E-state index contributed by atoms with van der Waals surface area (Å²) in [6.07, 6.45) is 3.26. The van der Waals surface area contributed by atoms with Crippen LogP contribution in [0.2, 0.25) is 0 Å². The number of rotatable bonds is 17. The summed E-state index contributed by atoms with van der Waals surface area (Å²) in [4.78, 5) is 172. The standard InChI is InChI=1S/C68H121N13O13/c1-24-26-27-44(14)57(82)56-61(86)71-50(25-2)63(88)74(18)47(17)62(87)78(22)55(43(13)28-29-80-30-31-81-49(36-80)37-94-68(81)93)60(85)73-53(41(9)10)66(91)75(19)48(32-38(3)4)35-69-45(15)58(83)70-46(16)59(84)72-51(33-39(5)6)64(89)76(20)52(34-40(7)8)65(90)77(21)54(42(11)12)67(92)79(56)23/h24,26,38-57,69,82H,25,27-37H2,1-23H3,(H,70,83)(H,71,86)(H,72,84)(H,73,85). The summed E-state index contributed by atoms with van der Waals surface area (Å²) in [7, 11) is 8.81. The first kappa shape index (κ1) is 81.8. The molecule has 15 unspecified atom stereocenters. The van der Waals surface area contributed by atoms with Crippen molar-refractivity contribution in [3.8, 4) is 0 Å². The Bertz CT molecular complexity index is 2620. The van der Waals surface area contributed by atoms with Gasteiger partial charge in [-0.05, 0) is 114 Å². The van der Waals surface area contributed by atoms with Crippen LogP contribution in [-0.2, 0) is 52.7 Å². The molecule has 94 heavy (non-hydrogen) atoms. The number of nitrogens with one attached hydrogen (secondary N) is 5. The maximum Gasteiger partial charge on any atom is 0.410 e. The second-order valence-electron chi connectivity index (χ2n) is 28.9. The van der Waals surface area contributed by atoms with Crippen LogP contribution in [0.1, 0.15) is 156 Å². The summed E-state index contributed by atoms with van der Waals surface area (Å²) in [6.45, 7) is 32.7. The maximum absolute atomic E-state index is 15.3. The van der Waals surface area contributed by atoms with Gasteiger partial charge in [-0.25, -0.2) is 4.79 Å². The van der Waals surface area contributed by atoms with Crippen molar-refractivity contribution in [1.82, 2.24) is 65.8 Å². The summed E-state index contributed by atoms with van der Waals surface area (Å²) in [5, 5.41) is 26.9. The van der Waals surface area contributed by atoms with E-state index in [9.17, 15) is 33.9 Å². The molecule has 3 aliphatic rings. The highest BCUT2D eigenvalue weighted by Gasteiger charge is 2.46. The van der Waals surface area contributed by atoms with Gasteiger partial charge in [0.1, 0.15) is 61.0 Å². The molecule has 3 rings (SSSR count). The molecule has 26 heteroatoms. The van der Waals surface area contributed by atoms with Crippen molar-refractivity contribution in [2.45, 2.75) is 235 Å². The number of carbonyl (C=O) groups is 11. The zero-order valence-corrected chi connectivity index (χ0v) is 61.1. The molecular formula is C68H121N13O13. The lowest BCUT2D eigenvalue weighted by atomic mass is 9.91. The quantitative estimate of drug-likeness (QED) is 0.114. The molecule has 536 valence electrons. The lowest BCUT2D eigenvalue weighted by Crippen LogP contribution is -2.64. The third-order valence-corrected chi connectivity index (χ3v) is 19.1. The summed E-state index contributed by atoms with van der Waals surface area (Å²) in [6, 6.07) is -12.7. The largest absolute Gasteiger partial charge is 0.447 e. The van der Waals surface area contributed by atoms with Crippen molar-refractivity contribution in [2.24, 2.45) is 41.4 Å². The summed E-state index contributed by atoms with van der Waals surface area (Å²) in [5.41, 5.74) is 0. The Kier molecular flexibility index (Phi) is 32.4. The van der Waals surface area contributed by atoms with Crippen LogP contribution in [-0.4, -0.2) is 270 Å². The molecule has 0 saturated carbocycles. The zero-order chi connectivity index (χ0) is 71.7. The Morgan fingerprint density at radius 2 is 1.10 bits per heavy atom. The number of hydrogen-bond donors (Lipinski definition) is 6. The minimum Gasteiger partial charge on any atom is -0.447 e. The van der Waals surface area contributed by atoms with Gasteiger partial charge < -0.3 is 65.8 Å². The van der Waals surface area contributed by atoms with Crippen molar-refractivity contribution in [3.63, 3.8) is 0 Å². The number of amides is 11. The molecular weight excluding hydrogens is 1210 g/mol. The molecule has 0 aromatic carbocycles. The number of likely N-dealkylation sites (N-methyl/N-ethyl adjacent to an activating group) is 6. The minimum atomic E-state index is -1.63. The summed E-state index contributed by atoms with van der Waals surface area (Å²) < 4.78 is 5.31. The lowest BCUT2D eigenvalue weighted by molar-refractivity contribution is -0.156. The van der Waals surface area contributed by atoms with Gasteiger partial charge >= 0.3 is 6.09 Å². The molecule has 26 nitrogen and oxygen atoms in total. The molecule has 0 radical (unpaired) electrons. The Morgan fingerprint density at radius 1 is 0.553 bits per heavy atom. The number of hydrogen-bond acceptors (Lipinski definition) is 15. The molecule has 3 fully saturated rings. The topological polar surface area (TPSA) is 303 Å². The molecule has 6 N–H and O–H groups in total. The molecule has 3 aliphatic heterocycles. The number of ether oxygens (including phenoxy) is 1. The zero-order valence-electron chi connectivity index (χ0n) is 61.1. The SMILES string of the molecule is CC=CCC(C)C(O)C1C(=O)NC(CC)C(=O)N(C)C(C)C(=O)N(C)C(C(C)CCN2CCN3C(=O)OCC3C2)C(=O)NC(C(C)C)C(=O)N(C)C(CC(C)C)CNC(C)C(=O)NC(C)C(=O)NC(CC(C)C)C(=O)N(C)C(CC(C)C)C(=O)N(C)C(C(C)C)C(=O)N1C. The highest BCUT2D eigenvalue weighted by Crippen LogP contribution is 2.27. The van der Waals surface area contributed by atoms with Crippen molar-refractivity contribution < 1.29 is 62.6 Å². The molecule has 0 spiro atoms. The van der Waals surface area contributed by atoms with Gasteiger partial charge in [-0.2, -0.15) is 0 Å². The molecule has 3 saturated heterocycles. The van der Waals surface area contributed by atoms with Gasteiger partial charge in [0.05, 0.1) is 18.2 Å². The van der Waals surface area contributed by atoms with Crippen LogP contribution in [0.5, 0.6) is 0 Å². The van der Waals surface area contributed by atoms with Crippen LogP contribution < -0.4 is 26.6 Å². The van der Waals surface area contributed by atoms with Gasteiger partial charge in [0, 0.05) is 74.5 Å². The number of cyclic esters (lactones) is 1. The van der Waals surface area contributed by atoms with E-state index in [1.165, 1.54) is 68.7 Å². The van der Waals surface area contributed by atoms with E-state index in [2.05, 4.69) is 31.5 Å². The third kappa shape index (κ3) is 21.8. The number of aliphatic hydroxyl groups excluding tert-OH is 1. The molecule has 0 aromatic rings. The predicted octanol–water partition coefficient (Wildman–Crippen LogP) is 2.91. The Hall–Kier alpha value is -6.41. The van der Waals surface area contributed by atoms with E-state index in [0.717, 1.165) is 4.90 Å². The third-order valence-electron chi connectivity index (χ3n) is 19.1. The van der Waals surface area contributed by atoms with E-state index in [1.54, 1.807) is 78.3 Å². The first-order valence-corrected chi connectivity index (χ1v) is 34.3. The van der Waals surface area contributed by atoms with Crippen LogP contribution in [0.4, 0.5) is 4.79 Å². The fraction of sp³-hybridized carbons (Fsp3) is 0.809. The molecule has 0 aromatic heterocycles. The van der Waals surface area contributed by atoms with E-state index in [4.69, 9.17) is 4.74 Å². The average molecular weight is 1330 g/mol. The fourth-order valence-corrected chi connectivity index (χ4v) is 12.9. The summed E-state index contributed by atoms with van der Waals surface area (Å²) in [5.74, 6) is -8.73. The smallest absolute Gasteiger partial charge is 0.410 e. The first-order chi connectivity index (χ1) is 43.7. The Labute approximate surface area is 561 Å². The van der Waals surface area contributed by atoms with Gasteiger partial charge in [0.25, 0.3) is 0 Å². The van der Waals surface area contributed by atoms with Gasteiger partial charge in [-0.3, -0.25) is 57.7 Å². The van der Waals surface area contributed by atoms with Gasteiger partial charge in [0.15, 0.2) is 0 Å². The Balaban J connectivity index is 2.29. The number of aliphatic hydroxyl groups is 1. The molecule has 11 amide bonds. The number of carbonyl (C=O) groups excluding carboxylic acids is 11. The van der Waals surface area contributed by atoms with Crippen molar-refractivity contribution in [2.75, 3.05) is 81.6 Å². The molecule has 15 atom stereocenters. The first-order valence-electron chi connectivity index (χ1n) is 34.3. The maximum atomic E-state index is 15.3. The highest BCUT2D eigenvalue weighted by molar-refractivity contribution is 5.99. The van der Waals surface area contributed by atoms with Crippen molar-refractivity contribution in [1.29, 1.82) is 0 Å². The van der Waals surface area contributed by atoms with Crippen molar-refractivity contribution in [3.05, 3.63) is 12.2 Å². The number of piperazine rings is 1. The van der Waals surface area contributed by atoms with Gasteiger partial charge in [-0.1, -0.05) is 102 Å². The average Bonchev–Trinajstić information content (AvgIpc) is 0.866. The van der Waals surface area contributed by atoms with Crippen LogP contribution >= 0.6 is 0 Å². The van der Waals surface area contributed by atoms with Crippen LogP contribution in [0, 0.1) is 41.4 Å². The second kappa shape index (κ2) is 37.2. The monoisotopic (exact) mass is 1330 g/mol. The number of fused-ring (bicyclic) bond motifs is 1. The second-order valence-corrected chi connectivity index (χ2v) is 28.9. The van der Waals surface area contributed by atoms with E-state index < -0.39 is 155 Å². The van der Waals surface area contributed by atoms with E-state index in [-0.39, 0.29) is 62.3 Å². The van der Waals surface area contributed by atoms with Gasteiger partial charge in [-0.15, -0.1) is 0 Å². The Morgan fingerprint density at radius 3 is 1.65 bits per heavy atom. The van der Waals surface area contributed by atoms with Crippen molar-refractivity contribution >= 4 is 65.2 Å². The van der Waals surface area contributed by atoms with Crippen LogP contribution in [0.15, 0.2) is 12.2 Å². The van der Waals surface area contributed by atoms with Gasteiger partial charge in [0.2, 0.25) is 59.1 Å². The van der Waals surface area contributed by atoms with Crippen LogP contribution in [0.25, 0.3) is 0 Å². The van der Waals surface area contributed by atoms with Crippen LogP contribution in [0.3, 0.4) is 0 Å². The minimum absolute atomic E-state index is 0.00892. The van der Waals surface area contributed by atoms with E-state index in [0.29, 0.717) is 45.4 Å². The lowest BCUT2D eigenvalue weighted by Gasteiger charge is -2.41. The normalized spacial score (nSPS) is 29.0. The molecule has 0 aliphatic carbocycles. The fourth-order valence-electron chi connectivity index (χ4n) is 12.9. The van der Waals surface area contributed by atoms with E-state index >= 15 is 24.0 Å². The number of allylic oxidation sites excluding steroid dienone is 2. The molecule has 3 heterocycles. The summed E-state index contributed by atoms with van der Waals surface area (Å²) >= 11 is 0. The van der Waals surface area contributed by atoms with E-state index in [1.807, 2.05) is 54.5 Å². The number of nitrogens with zero attached hydrogens (tertiary/aromatic N) is 8.